The first-order valence-electron chi connectivity index (χ1n) is 5.77. The lowest BCUT2D eigenvalue weighted by atomic mass is 10.1. The Morgan fingerprint density at radius 3 is 2.71 bits per heavy atom. The van der Waals surface area contributed by atoms with Crippen LogP contribution in [0.5, 0.6) is 5.75 Å². The van der Waals surface area contributed by atoms with Gasteiger partial charge in [0.15, 0.2) is 11.6 Å². The molecule has 1 aromatic rings. The van der Waals surface area contributed by atoms with Crippen molar-refractivity contribution in [1.82, 2.24) is 5.32 Å². The van der Waals surface area contributed by atoms with Crippen molar-refractivity contribution in [2.24, 2.45) is 0 Å². The van der Waals surface area contributed by atoms with E-state index in [-0.39, 0.29) is 11.9 Å². The maximum Gasteiger partial charge on any atom is 0.165 e. The third-order valence-electron chi connectivity index (χ3n) is 2.64. The second-order valence-electron chi connectivity index (χ2n) is 3.90. The van der Waals surface area contributed by atoms with Gasteiger partial charge in [0.1, 0.15) is 0 Å². The predicted molar refractivity (Wildman–Crippen MR) is 65.9 cm³/mol. The maximum atomic E-state index is 13.7. The molecule has 0 aliphatic heterocycles. The van der Waals surface area contributed by atoms with Crippen LogP contribution in [-0.4, -0.2) is 27.4 Å². The van der Waals surface area contributed by atoms with Crippen LogP contribution in [0.3, 0.4) is 0 Å². The summed E-state index contributed by atoms with van der Waals surface area (Å²) in [5.74, 6) is -0.0184. The highest BCUT2D eigenvalue weighted by Gasteiger charge is 2.08. The summed E-state index contributed by atoms with van der Waals surface area (Å²) in [7, 11) is 3.48. The van der Waals surface area contributed by atoms with Gasteiger partial charge in [0.2, 0.25) is 0 Å². The van der Waals surface area contributed by atoms with E-state index in [0.717, 1.165) is 12.0 Å². The number of nitrogens with one attached hydrogen (secondary N) is 1. The monoisotopic (exact) mass is 241 g/mol. The summed E-state index contributed by atoms with van der Waals surface area (Å²) < 4.78 is 23.9. The topological polar surface area (TPSA) is 30.5 Å². The molecule has 0 radical (unpaired) electrons. The summed E-state index contributed by atoms with van der Waals surface area (Å²) in [5, 5.41) is 3.06. The van der Waals surface area contributed by atoms with Crippen molar-refractivity contribution < 1.29 is 13.9 Å². The zero-order valence-corrected chi connectivity index (χ0v) is 10.6. The van der Waals surface area contributed by atoms with E-state index in [0.29, 0.717) is 19.0 Å². The van der Waals surface area contributed by atoms with Gasteiger partial charge in [-0.25, -0.2) is 4.39 Å². The van der Waals surface area contributed by atoms with Gasteiger partial charge in [0.05, 0.1) is 6.61 Å². The first-order valence-corrected chi connectivity index (χ1v) is 5.77. The largest absolute Gasteiger partial charge is 0.490 e. The summed E-state index contributed by atoms with van der Waals surface area (Å²) in [4.78, 5) is 0. The minimum absolute atomic E-state index is 0.132. The molecule has 0 saturated heterocycles. The van der Waals surface area contributed by atoms with Crippen LogP contribution in [0.1, 0.15) is 24.9 Å². The quantitative estimate of drug-likeness (QED) is 0.744. The third kappa shape index (κ3) is 4.32. The smallest absolute Gasteiger partial charge is 0.165 e. The fourth-order valence-corrected chi connectivity index (χ4v) is 1.46. The molecular formula is C13H20FNO2. The molecule has 3 nitrogen and oxygen atoms in total. The van der Waals surface area contributed by atoms with Crippen molar-refractivity contribution in [2.45, 2.75) is 19.4 Å². The molecule has 4 heteroatoms. The molecule has 1 rings (SSSR count). The Balaban J connectivity index is 2.57. The van der Waals surface area contributed by atoms with E-state index in [1.54, 1.807) is 13.2 Å². The summed E-state index contributed by atoms with van der Waals surface area (Å²) in [5.41, 5.74) is 0.911. The molecule has 17 heavy (non-hydrogen) atoms. The summed E-state index contributed by atoms with van der Waals surface area (Å²) in [6.45, 7) is 3.07. The normalized spacial score (nSPS) is 12.5. The van der Waals surface area contributed by atoms with Gasteiger partial charge in [-0.2, -0.15) is 0 Å². The third-order valence-corrected chi connectivity index (χ3v) is 2.64. The maximum absolute atomic E-state index is 13.7. The molecule has 0 heterocycles. The molecule has 1 N–H and O–H groups in total. The Kier molecular flexibility index (Phi) is 5.94. The number of benzene rings is 1. The molecule has 1 unspecified atom stereocenters. The average Bonchev–Trinajstić information content (AvgIpc) is 2.35. The second kappa shape index (κ2) is 7.25. The minimum Gasteiger partial charge on any atom is -0.490 e. The van der Waals surface area contributed by atoms with Crippen LogP contribution in [-0.2, 0) is 4.74 Å². The first-order chi connectivity index (χ1) is 8.19. The van der Waals surface area contributed by atoms with Crippen molar-refractivity contribution in [3.63, 3.8) is 0 Å². The number of hydrogen-bond acceptors (Lipinski definition) is 3. The van der Waals surface area contributed by atoms with Crippen molar-refractivity contribution in [3.8, 4) is 5.75 Å². The second-order valence-corrected chi connectivity index (χ2v) is 3.90. The van der Waals surface area contributed by atoms with Gasteiger partial charge in [0.25, 0.3) is 0 Å². The van der Waals surface area contributed by atoms with E-state index in [9.17, 15) is 4.39 Å². The number of ether oxygens (including phenoxy) is 2. The Morgan fingerprint density at radius 1 is 1.35 bits per heavy atom. The zero-order chi connectivity index (χ0) is 12.7. The van der Waals surface area contributed by atoms with Crippen LogP contribution in [0.4, 0.5) is 4.39 Å². The number of methoxy groups -OCH3 is 1. The van der Waals surface area contributed by atoms with Crippen LogP contribution < -0.4 is 10.1 Å². The summed E-state index contributed by atoms with van der Waals surface area (Å²) >= 11 is 0. The van der Waals surface area contributed by atoms with E-state index in [1.807, 2.05) is 20.0 Å². The fraction of sp³-hybridized carbons (Fsp3) is 0.538. The van der Waals surface area contributed by atoms with E-state index < -0.39 is 0 Å². The van der Waals surface area contributed by atoms with Crippen LogP contribution in [0.2, 0.25) is 0 Å². The van der Waals surface area contributed by atoms with Crippen LogP contribution >= 0.6 is 0 Å². The first kappa shape index (κ1) is 13.9. The lowest BCUT2D eigenvalue weighted by molar-refractivity contribution is 0.170. The van der Waals surface area contributed by atoms with E-state index >= 15 is 0 Å². The van der Waals surface area contributed by atoms with Gasteiger partial charge >= 0.3 is 0 Å². The molecule has 1 aromatic carbocycles. The van der Waals surface area contributed by atoms with Crippen LogP contribution in [0.25, 0.3) is 0 Å². The molecule has 1 atom stereocenters. The average molecular weight is 241 g/mol. The van der Waals surface area contributed by atoms with E-state index in [4.69, 9.17) is 9.47 Å². The molecule has 96 valence electrons. The van der Waals surface area contributed by atoms with Crippen LogP contribution in [0, 0.1) is 5.82 Å². The van der Waals surface area contributed by atoms with Crippen molar-refractivity contribution in [3.05, 3.63) is 29.6 Å². The predicted octanol–water partition coefficient (Wildman–Crippen LogP) is 2.52. The molecular weight excluding hydrogens is 221 g/mol. The van der Waals surface area contributed by atoms with E-state index in [1.165, 1.54) is 6.07 Å². The molecule has 0 fully saturated rings. The molecule has 0 aromatic heterocycles. The van der Waals surface area contributed by atoms with Crippen molar-refractivity contribution in [2.75, 3.05) is 27.4 Å². The van der Waals surface area contributed by atoms with Gasteiger partial charge in [-0.05, 0) is 31.7 Å². The molecule has 0 amide bonds. The summed E-state index contributed by atoms with van der Waals surface area (Å²) in [6.07, 6.45) is 0.755. The zero-order valence-electron chi connectivity index (χ0n) is 10.6. The van der Waals surface area contributed by atoms with E-state index in [2.05, 4.69) is 5.32 Å². The van der Waals surface area contributed by atoms with Gasteiger partial charge in [-0.15, -0.1) is 0 Å². The number of hydrogen-bond donors (Lipinski definition) is 1. The highest BCUT2D eigenvalue weighted by atomic mass is 19.1. The molecule has 0 aliphatic rings. The Labute approximate surface area is 102 Å². The number of halogens is 1. The lowest BCUT2D eigenvalue weighted by Gasteiger charge is -2.12. The van der Waals surface area contributed by atoms with Gasteiger partial charge in [-0.1, -0.05) is 6.07 Å². The number of rotatable bonds is 7. The molecule has 0 saturated carbocycles. The Morgan fingerprint density at radius 2 is 2.12 bits per heavy atom. The molecule has 0 spiro atoms. The van der Waals surface area contributed by atoms with Gasteiger partial charge in [-0.3, -0.25) is 0 Å². The highest BCUT2D eigenvalue weighted by molar-refractivity contribution is 5.30. The summed E-state index contributed by atoms with van der Waals surface area (Å²) in [6, 6.07) is 5.18. The molecule has 0 aliphatic carbocycles. The standard InChI is InChI=1S/C13H20FNO2/c1-10(15-2)11-5-6-13(12(14)9-11)17-8-4-7-16-3/h5-6,9-10,15H,4,7-8H2,1-3H3. The van der Waals surface area contributed by atoms with Gasteiger partial charge in [0, 0.05) is 26.2 Å². The lowest BCUT2D eigenvalue weighted by Crippen LogP contribution is -2.12. The van der Waals surface area contributed by atoms with Crippen molar-refractivity contribution >= 4 is 0 Å². The van der Waals surface area contributed by atoms with Crippen molar-refractivity contribution in [1.29, 1.82) is 0 Å². The van der Waals surface area contributed by atoms with Gasteiger partial charge < -0.3 is 14.8 Å². The Bertz CT molecular complexity index is 344. The molecule has 0 bridgehead atoms. The SMILES string of the molecule is CNC(C)c1ccc(OCCCOC)c(F)c1. The highest BCUT2D eigenvalue weighted by Crippen LogP contribution is 2.21. The Hall–Kier alpha value is -1.13. The van der Waals surface area contributed by atoms with Crippen LogP contribution in [0.15, 0.2) is 18.2 Å². The fourth-order valence-electron chi connectivity index (χ4n) is 1.46. The minimum atomic E-state index is -0.318.